The standard InChI is InChI=1S/C16H13N3/c17-9-12-4-3-5-13(8-12)10-19-11-14-6-1-2-7-15(14)16(19)18/h1-8,18H,10-11H2. The summed E-state index contributed by atoms with van der Waals surface area (Å²) in [5.41, 5.74) is 3.94. The molecule has 1 aliphatic heterocycles. The second-order valence-corrected chi connectivity index (χ2v) is 4.67. The van der Waals surface area contributed by atoms with Crippen LogP contribution in [0.15, 0.2) is 48.5 Å². The average Bonchev–Trinajstić information content (AvgIpc) is 2.76. The Labute approximate surface area is 112 Å². The van der Waals surface area contributed by atoms with Gasteiger partial charge >= 0.3 is 0 Å². The van der Waals surface area contributed by atoms with Crippen LogP contribution < -0.4 is 0 Å². The molecule has 0 radical (unpaired) electrons. The smallest absolute Gasteiger partial charge is 0.129 e. The lowest BCUT2D eigenvalue weighted by molar-refractivity contribution is 0.422. The molecule has 92 valence electrons. The molecular formula is C16H13N3. The Hall–Kier alpha value is -2.60. The van der Waals surface area contributed by atoms with Gasteiger partial charge < -0.3 is 4.90 Å². The highest BCUT2D eigenvalue weighted by molar-refractivity contribution is 6.00. The van der Waals surface area contributed by atoms with Crippen LogP contribution in [0, 0.1) is 16.7 Å². The van der Waals surface area contributed by atoms with Crippen molar-refractivity contribution in [3.8, 4) is 6.07 Å². The van der Waals surface area contributed by atoms with E-state index < -0.39 is 0 Å². The molecule has 0 saturated heterocycles. The highest BCUT2D eigenvalue weighted by Crippen LogP contribution is 2.24. The van der Waals surface area contributed by atoms with Crippen molar-refractivity contribution in [2.75, 3.05) is 0 Å². The maximum absolute atomic E-state index is 8.91. The van der Waals surface area contributed by atoms with E-state index in [1.165, 1.54) is 5.56 Å². The third kappa shape index (κ3) is 2.09. The van der Waals surface area contributed by atoms with Crippen LogP contribution in [-0.4, -0.2) is 10.7 Å². The molecule has 19 heavy (non-hydrogen) atoms. The van der Waals surface area contributed by atoms with E-state index in [4.69, 9.17) is 10.7 Å². The second kappa shape index (κ2) is 4.58. The van der Waals surface area contributed by atoms with Crippen LogP contribution in [0.3, 0.4) is 0 Å². The SMILES string of the molecule is N#Cc1cccc(CN2Cc3ccccc3C2=N)c1. The molecule has 3 rings (SSSR count). The molecule has 0 saturated carbocycles. The Morgan fingerprint density at radius 2 is 2.00 bits per heavy atom. The van der Waals surface area contributed by atoms with E-state index in [0.29, 0.717) is 17.9 Å². The lowest BCUT2D eigenvalue weighted by Crippen LogP contribution is -2.23. The third-order valence-corrected chi connectivity index (χ3v) is 3.38. The Balaban J connectivity index is 1.83. The van der Waals surface area contributed by atoms with E-state index in [0.717, 1.165) is 17.7 Å². The fourth-order valence-electron chi connectivity index (χ4n) is 2.44. The summed E-state index contributed by atoms with van der Waals surface area (Å²) in [5, 5.41) is 17.1. The van der Waals surface area contributed by atoms with Gasteiger partial charge in [0.1, 0.15) is 5.84 Å². The van der Waals surface area contributed by atoms with Crippen molar-refractivity contribution in [2.24, 2.45) is 0 Å². The highest BCUT2D eigenvalue weighted by atomic mass is 15.2. The molecule has 0 fully saturated rings. The number of nitrogens with one attached hydrogen (secondary N) is 1. The predicted molar refractivity (Wildman–Crippen MR) is 73.7 cm³/mol. The molecule has 2 aromatic rings. The number of rotatable bonds is 2. The minimum Gasteiger partial charge on any atom is -0.348 e. The number of hydrogen-bond acceptors (Lipinski definition) is 2. The molecule has 0 atom stereocenters. The second-order valence-electron chi connectivity index (χ2n) is 4.67. The first-order chi connectivity index (χ1) is 9.28. The van der Waals surface area contributed by atoms with Crippen LogP contribution >= 0.6 is 0 Å². The Morgan fingerprint density at radius 1 is 1.16 bits per heavy atom. The quantitative estimate of drug-likeness (QED) is 0.887. The summed E-state index contributed by atoms with van der Waals surface area (Å²) >= 11 is 0. The maximum Gasteiger partial charge on any atom is 0.129 e. The Bertz CT molecular complexity index is 682. The summed E-state index contributed by atoms with van der Waals surface area (Å²) in [5.74, 6) is 0.568. The van der Waals surface area contributed by atoms with Gasteiger partial charge in [-0.15, -0.1) is 0 Å². The maximum atomic E-state index is 8.91. The summed E-state index contributed by atoms with van der Waals surface area (Å²) in [4.78, 5) is 2.03. The Kier molecular flexibility index (Phi) is 2.77. The normalized spacial score (nSPS) is 13.2. The number of nitriles is 1. The molecule has 1 heterocycles. The van der Waals surface area contributed by atoms with Gasteiger partial charge in [0, 0.05) is 18.7 Å². The number of benzene rings is 2. The van der Waals surface area contributed by atoms with Gasteiger partial charge in [-0.1, -0.05) is 36.4 Å². The molecule has 2 aromatic carbocycles. The first-order valence-corrected chi connectivity index (χ1v) is 6.19. The summed E-state index contributed by atoms with van der Waals surface area (Å²) in [7, 11) is 0. The van der Waals surface area contributed by atoms with Crippen molar-refractivity contribution < 1.29 is 0 Å². The zero-order chi connectivity index (χ0) is 13.2. The lowest BCUT2D eigenvalue weighted by Gasteiger charge is -2.18. The first-order valence-electron chi connectivity index (χ1n) is 6.19. The van der Waals surface area contributed by atoms with E-state index in [1.54, 1.807) is 6.07 Å². The van der Waals surface area contributed by atoms with Crippen molar-refractivity contribution in [1.29, 1.82) is 10.7 Å². The van der Waals surface area contributed by atoms with Gasteiger partial charge in [0.2, 0.25) is 0 Å². The monoisotopic (exact) mass is 247 g/mol. The van der Waals surface area contributed by atoms with Crippen LogP contribution in [0.4, 0.5) is 0 Å². The van der Waals surface area contributed by atoms with E-state index in [2.05, 4.69) is 12.1 Å². The topological polar surface area (TPSA) is 50.9 Å². The fraction of sp³-hybridized carbons (Fsp3) is 0.125. The van der Waals surface area contributed by atoms with Crippen LogP contribution in [0.5, 0.6) is 0 Å². The van der Waals surface area contributed by atoms with Crippen LogP contribution in [-0.2, 0) is 13.1 Å². The summed E-state index contributed by atoms with van der Waals surface area (Å²) in [6.45, 7) is 1.44. The predicted octanol–water partition coefficient (Wildman–Crippen LogP) is 2.90. The van der Waals surface area contributed by atoms with Crippen molar-refractivity contribution in [1.82, 2.24) is 4.90 Å². The zero-order valence-corrected chi connectivity index (χ0v) is 10.4. The molecule has 1 aliphatic rings. The molecular weight excluding hydrogens is 234 g/mol. The van der Waals surface area contributed by atoms with Gasteiger partial charge in [0.25, 0.3) is 0 Å². The molecule has 3 heteroatoms. The number of hydrogen-bond donors (Lipinski definition) is 1. The lowest BCUT2D eigenvalue weighted by atomic mass is 10.1. The van der Waals surface area contributed by atoms with Gasteiger partial charge in [-0.2, -0.15) is 5.26 Å². The molecule has 0 aliphatic carbocycles. The number of amidine groups is 1. The molecule has 0 amide bonds. The van der Waals surface area contributed by atoms with Crippen LogP contribution in [0.25, 0.3) is 0 Å². The minimum atomic E-state index is 0.568. The van der Waals surface area contributed by atoms with Crippen molar-refractivity contribution in [3.63, 3.8) is 0 Å². The van der Waals surface area contributed by atoms with Gasteiger partial charge in [0.15, 0.2) is 0 Å². The molecule has 0 unspecified atom stereocenters. The molecule has 1 N–H and O–H groups in total. The zero-order valence-electron chi connectivity index (χ0n) is 10.4. The molecule has 0 bridgehead atoms. The van der Waals surface area contributed by atoms with Crippen LogP contribution in [0.2, 0.25) is 0 Å². The first kappa shape index (κ1) is 11.5. The molecule has 0 spiro atoms. The number of nitrogens with zero attached hydrogens (tertiary/aromatic N) is 2. The van der Waals surface area contributed by atoms with E-state index in [9.17, 15) is 0 Å². The third-order valence-electron chi connectivity index (χ3n) is 3.38. The highest BCUT2D eigenvalue weighted by Gasteiger charge is 2.23. The van der Waals surface area contributed by atoms with E-state index in [-0.39, 0.29) is 0 Å². The largest absolute Gasteiger partial charge is 0.348 e. The molecule has 0 aromatic heterocycles. The molecule has 3 nitrogen and oxygen atoms in total. The van der Waals surface area contributed by atoms with Gasteiger partial charge in [0.05, 0.1) is 11.6 Å². The van der Waals surface area contributed by atoms with Gasteiger partial charge in [-0.3, -0.25) is 5.41 Å². The summed E-state index contributed by atoms with van der Waals surface area (Å²) < 4.78 is 0. The fourth-order valence-corrected chi connectivity index (χ4v) is 2.44. The van der Waals surface area contributed by atoms with Crippen molar-refractivity contribution in [2.45, 2.75) is 13.1 Å². The van der Waals surface area contributed by atoms with Gasteiger partial charge in [-0.25, -0.2) is 0 Å². The summed E-state index contributed by atoms with van der Waals surface area (Å²) in [6.07, 6.45) is 0. The van der Waals surface area contributed by atoms with Crippen molar-refractivity contribution in [3.05, 3.63) is 70.8 Å². The van der Waals surface area contributed by atoms with E-state index >= 15 is 0 Å². The minimum absolute atomic E-state index is 0.568. The van der Waals surface area contributed by atoms with Crippen molar-refractivity contribution >= 4 is 5.84 Å². The van der Waals surface area contributed by atoms with Crippen LogP contribution in [0.1, 0.15) is 22.3 Å². The van der Waals surface area contributed by atoms with Gasteiger partial charge in [-0.05, 0) is 23.3 Å². The van der Waals surface area contributed by atoms with E-state index in [1.807, 2.05) is 41.3 Å². The summed E-state index contributed by atoms with van der Waals surface area (Å²) in [6, 6.07) is 17.7. The Morgan fingerprint density at radius 3 is 2.79 bits per heavy atom. The average molecular weight is 247 g/mol. The number of fused-ring (bicyclic) bond motifs is 1.